The summed E-state index contributed by atoms with van der Waals surface area (Å²) in [6.07, 6.45) is 0. The van der Waals surface area contributed by atoms with Crippen LogP contribution in [0.3, 0.4) is 0 Å². The maximum absolute atomic E-state index is 12.8. The molecule has 0 unspecified atom stereocenters. The van der Waals surface area contributed by atoms with Gasteiger partial charge >= 0.3 is 0 Å². The summed E-state index contributed by atoms with van der Waals surface area (Å²) in [4.78, 5) is 0.244. The van der Waals surface area contributed by atoms with Gasteiger partial charge in [0.05, 0.1) is 22.7 Å². The molecule has 0 atom stereocenters. The summed E-state index contributed by atoms with van der Waals surface area (Å²) in [6.45, 7) is 8.12. The Morgan fingerprint density at radius 2 is 1.57 bits per heavy atom. The minimum absolute atomic E-state index is 0.0993. The molecule has 0 bridgehead atoms. The van der Waals surface area contributed by atoms with Crippen molar-refractivity contribution >= 4 is 10.0 Å². The number of benzene rings is 1. The lowest BCUT2D eigenvalue weighted by molar-refractivity contribution is -0.163. The molecule has 1 aromatic carbocycles. The zero-order valence-corrected chi connectivity index (χ0v) is 13.8. The molecule has 1 N–H and O–H groups in total. The summed E-state index contributed by atoms with van der Waals surface area (Å²) in [5.41, 5.74) is -0.365. The molecule has 1 aliphatic heterocycles. The van der Waals surface area contributed by atoms with Crippen LogP contribution in [0.1, 0.15) is 33.3 Å². The van der Waals surface area contributed by atoms with Gasteiger partial charge in [-0.2, -0.15) is 4.31 Å². The monoisotopic (exact) mass is 313 g/mol. The van der Waals surface area contributed by atoms with Crippen molar-refractivity contribution in [3.63, 3.8) is 0 Å². The van der Waals surface area contributed by atoms with E-state index in [2.05, 4.69) is 0 Å². The highest BCUT2D eigenvalue weighted by atomic mass is 32.2. The summed E-state index contributed by atoms with van der Waals surface area (Å²) in [5, 5.41) is 9.04. The Kier molecular flexibility index (Phi) is 4.19. The van der Waals surface area contributed by atoms with Crippen LogP contribution in [0.5, 0.6) is 0 Å². The molecule has 0 spiro atoms. The lowest BCUT2D eigenvalue weighted by atomic mass is 10.0. The average molecular weight is 313 g/mol. The van der Waals surface area contributed by atoms with E-state index in [0.29, 0.717) is 18.7 Å². The van der Waals surface area contributed by atoms with Crippen molar-refractivity contribution in [2.75, 3.05) is 13.1 Å². The average Bonchev–Trinajstić information content (AvgIpc) is 2.35. The largest absolute Gasteiger partial charge is 0.392 e. The third-order valence-electron chi connectivity index (χ3n) is 3.41. The molecule has 0 aliphatic carbocycles. The number of sulfonamides is 1. The van der Waals surface area contributed by atoms with Crippen LogP contribution in [0.25, 0.3) is 0 Å². The molecule has 6 heteroatoms. The van der Waals surface area contributed by atoms with Crippen molar-refractivity contribution in [1.29, 1.82) is 0 Å². The van der Waals surface area contributed by atoms with E-state index in [9.17, 15) is 8.42 Å². The Balaban J connectivity index is 2.33. The highest BCUT2D eigenvalue weighted by Gasteiger charge is 2.43. The maximum atomic E-state index is 12.8. The molecule has 1 fully saturated rings. The second-order valence-electron chi connectivity index (χ2n) is 6.70. The van der Waals surface area contributed by atoms with Crippen LogP contribution < -0.4 is 0 Å². The van der Waals surface area contributed by atoms with Gasteiger partial charge in [0, 0.05) is 13.1 Å². The first-order valence-electron chi connectivity index (χ1n) is 6.96. The van der Waals surface area contributed by atoms with Gasteiger partial charge in [0.15, 0.2) is 0 Å². The molecule has 118 valence electrons. The molecular formula is C15H23NO4S. The fourth-order valence-electron chi connectivity index (χ4n) is 2.80. The van der Waals surface area contributed by atoms with Crippen molar-refractivity contribution in [3.05, 3.63) is 29.8 Å². The highest BCUT2D eigenvalue weighted by molar-refractivity contribution is 7.89. The second-order valence-corrected chi connectivity index (χ2v) is 8.63. The number of hydrogen-bond donors (Lipinski definition) is 1. The second kappa shape index (κ2) is 5.35. The fraction of sp³-hybridized carbons (Fsp3) is 0.600. The van der Waals surface area contributed by atoms with Gasteiger partial charge < -0.3 is 9.84 Å². The van der Waals surface area contributed by atoms with Crippen LogP contribution in [0.2, 0.25) is 0 Å². The van der Waals surface area contributed by atoms with Crippen LogP contribution in [0.15, 0.2) is 29.2 Å². The van der Waals surface area contributed by atoms with Crippen LogP contribution in [0.4, 0.5) is 0 Å². The van der Waals surface area contributed by atoms with Gasteiger partial charge in [-0.15, -0.1) is 0 Å². The highest BCUT2D eigenvalue weighted by Crippen LogP contribution is 2.31. The van der Waals surface area contributed by atoms with Gasteiger partial charge in [-0.25, -0.2) is 8.42 Å². The minimum atomic E-state index is -3.56. The predicted octanol–water partition coefficient (Wildman–Crippen LogP) is 1.76. The molecule has 1 aliphatic rings. The first-order chi connectivity index (χ1) is 9.56. The smallest absolute Gasteiger partial charge is 0.243 e. The van der Waals surface area contributed by atoms with E-state index in [1.54, 1.807) is 12.1 Å². The first-order valence-corrected chi connectivity index (χ1v) is 8.40. The molecule has 0 aromatic heterocycles. The predicted molar refractivity (Wildman–Crippen MR) is 80.4 cm³/mol. The Morgan fingerprint density at radius 1 is 1.10 bits per heavy atom. The summed E-state index contributed by atoms with van der Waals surface area (Å²) < 4.78 is 32.9. The normalized spacial score (nSPS) is 22.1. The van der Waals surface area contributed by atoms with Crippen LogP contribution in [-0.4, -0.2) is 42.1 Å². The molecular weight excluding hydrogens is 290 g/mol. The van der Waals surface area contributed by atoms with E-state index in [4.69, 9.17) is 9.84 Å². The van der Waals surface area contributed by atoms with Crippen molar-refractivity contribution < 1.29 is 18.3 Å². The summed E-state index contributed by atoms with van der Waals surface area (Å²) >= 11 is 0. The van der Waals surface area contributed by atoms with Gasteiger partial charge in [-0.3, -0.25) is 0 Å². The number of nitrogens with zero attached hydrogens (tertiary/aromatic N) is 1. The quantitative estimate of drug-likeness (QED) is 0.923. The van der Waals surface area contributed by atoms with Crippen LogP contribution in [-0.2, 0) is 21.4 Å². The Hall–Kier alpha value is -0.950. The summed E-state index contributed by atoms with van der Waals surface area (Å²) in [6, 6.07) is 6.33. The summed E-state index contributed by atoms with van der Waals surface area (Å²) in [5.74, 6) is 0. The minimum Gasteiger partial charge on any atom is -0.392 e. The molecule has 1 aromatic rings. The van der Waals surface area contributed by atoms with Gasteiger partial charge in [0.1, 0.15) is 0 Å². The lowest BCUT2D eigenvalue weighted by Crippen LogP contribution is -2.58. The fourth-order valence-corrected chi connectivity index (χ4v) is 4.54. The van der Waals surface area contributed by atoms with Gasteiger partial charge in [-0.1, -0.05) is 12.1 Å². The molecule has 0 saturated carbocycles. The van der Waals surface area contributed by atoms with Crippen LogP contribution >= 0.6 is 0 Å². The third kappa shape index (κ3) is 3.63. The van der Waals surface area contributed by atoms with E-state index >= 15 is 0 Å². The van der Waals surface area contributed by atoms with Crippen LogP contribution in [0, 0.1) is 0 Å². The van der Waals surface area contributed by atoms with Gasteiger partial charge in [-0.05, 0) is 45.4 Å². The molecule has 0 amide bonds. The number of aliphatic hydroxyl groups is 1. The Bertz CT molecular complexity index is 589. The number of hydrogen-bond acceptors (Lipinski definition) is 4. The molecule has 0 radical (unpaired) electrons. The zero-order valence-electron chi connectivity index (χ0n) is 13.0. The number of aliphatic hydroxyl groups excluding tert-OH is 1. The third-order valence-corrected chi connectivity index (χ3v) is 5.22. The van der Waals surface area contributed by atoms with Crippen molar-refractivity contribution in [1.82, 2.24) is 4.31 Å². The molecule has 21 heavy (non-hydrogen) atoms. The van der Waals surface area contributed by atoms with E-state index < -0.39 is 21.2 Å². The molecule has 1 saturated heterocycles. The number of morpholine rings is 1. The molecule has 2 rings (SSSR count). The zero-order chi connectivity index (χ0) is 15.9. The lowest BCUT2D eigenvalue weighted by Gasteiger charge is -2.46. The van der Waals surface area contributed by atoms with Gasteiger partial charge in [0.25, 0.3) is 0 Å². The Labute approximate surface area is 126 Å². The summed E-state index contributed by atoms with van der Waals surface area (Å²) in [7, 11) is -3.56. The Morgan fingerprint density at radius 3 is 2.00 bits per heavy atom. The molecule has 5 nitrogen and oxygen atoms in total. The van der Waals surface area contributed by atoms with Crippen molar-refractivity contribution in [2.45, 2.75) is 50.4 Å². The standard InChI is InChI=1S/C15H23NO4S/c1-14(2)10-16(11-15(3,4)20-14)21(18,19)13-7-5-12(9-17)6-8-13/h5-8,17H,9-11H2,1-4H3. The van der Waals surface area contributed by atoms with E-state index in [0.717, 1.165) is 0 Å². The van der Waals surface area contributed by atoms with E-state index in [1.807, 2.05) is 27.7 Å². The molecule has 1 heterocycles. The van der Waals surface area contributed by atoms with Crippen molar-refractivity contribution in [2.24, 2.45) is 0 Å². The van der Waals surface area contributed by atoms with Crippen molar-refractivity contribution in [3.8, 4) is 0 Å². The van der Waals surface area contributed by atoms with Gasteiger partial charge in [0.2, 0.25) is 10.0 Å². The maximum Gasteiger partial charge on any atom is 0.243 e. The SMILES string of the molecule is CC1(C)CN(S(=O)(=O)c2ccc(CO)cc2)CC(C)(C)O1. The van der Waals surface area contributed by atoms with E-state index in [-0.39, 0.29) is 11.5 Å². The number of ether oxygens (including phenoxy) is 1. The first kappa shape index (κ1) is 16.4. The van der Waals surface area contributed by atoms with E-state index in [1.165, 1.54) is 16.4 Å². The number of rotatable bonds is 3. The topological polar surface area (TPSA) is 66.8 Å².